The average molecular weight is 412 g/mol. The van der Waals surface area contributed by atoms with Crippen molar-refractivity contribution in [2.24, 2.45) is 0 Å². The molecule has 2 aromatic carbocycles. The lowest BCUT2D eigenvalue weighted by Gasteiger charge is -2.35. The van der Waals surface area contributed by atoms with Gasteiger partial charge in [0.05, 0.1) is 17.9 Å². The van der Waals surface area contributed by atoms with Gasteiger partial charge in [-0.3, -0.25) is 4.79 Å². The summed E-state index contributed by atoms with van der Waals surface area (Å²) in [6.45, 7) is 3.49. The summed E-state index contributed by atoms with van der Waals surface area (Å²) in [5.41, 5.74) is 2.10. The molecule has 5 nitrogen and oxygen atoms in total. The van der Waals surface area contributed by atoms with Crippen molar-refractivity contribution in [3.8, 4) is 5.75 Å². The van der Waals surface area contributed by atoms with Gasteiger partial charge < -0.3 is 19.9 Å². The number of ether oxygens (including phenoxy) is 1. The van der Waals surface area contributed by atoms with Gasteiger partial charge in [0, 0.05) is 43.3 Å². The van der Waals surface area contributed by atoms with Gasteiger partial charge >= 0.3 is 0 Å². The van der Waals surface area contributed by atoms with Gasteiger partial charge in [0.2, 0.25) is 0 Å². The van der Waals surface area contributed by atoms with Gasteiger partial charge in [-0.05, 0) is 17.7 Å². The monoisotopic (exact) mass is 411 g/mol. The van der Waals surface area contributed by atoms with E-state index < -0.39 is 0 Å². The van der Waals surface area contributed by atoms with E-state index in [1.165, 1.54) is 12.1 Å². The standard InChI is InChI=1S/C19H19ClFN3O2.ClH/c20-14-3-1-13(2-4-14)11-24-17-10-15(21)9-16(19(17)26-12-18(24)25)23-7-5-22-6-8-23;/h1-4,9-10,22H,5-8,11-12H2;1H. The molecule has 0 spiro atoms. The molecular weight excluding hydrogens is 392 g/mol. The maximum absolute atomic E-state index is 14.3. The number of rotatable bonds is 3. The highest BCUT2D eigenvalue weighted by Gasteiger charge is 2.30. The van der Waals surface area contributed by atoms with Crippen LogP contribution in [-0.2, 0) is 11.3 Å². The molecule has 27 heavy (non-hydrogen) atoms. The van der Waals surface area contributed by atoms with Crippen molar-refractivity contribution in [2.75, 3.05) is 42.6 Å². The molecule has 0 aliphatic carbocycles. The van der Waals surface area contributed by atoms with Crippen LogP contribution in [0.1, 0.15) is 5.56 Å². The smallest absolute Gasteiger partial charge is 0.265 e. The van der Waals surface area contributed by atoms with Gasteiger partial charge in [0.25, 0.3) is 5.91 Å². The maximum atomic E-state index is 14.3. The molecule has 1 fully saturated rings. The topological polar surface area (TPSA) is 44.8 Å². The Balaban J connectivity index is 0.00000210. The minimum absolute atomic E-state index is 0. The Morgan fingerprint density at radius 2 is 1.78 bits per heavy atom. The van der Waals surface area contributed by atoms with Gasteiger partial charge in [0.15, 0.2) is 12.4 Å². The second kappa shape index (κ2) is 8.33. The fourth-order valence-corrected chi connectivity index (χ4v) is 3.47. The summed E-state index contributed by atoms with van der Waals surface area (Å²) in [4.78, 5) is 16.1. The number of amides is 1. The summed E-state index contributed by atoms with van der Waals surface area (Å²) in [7, 11) is 0. The Morgan fingerprint density at radius 1 is 1.11 bits per heavy atom. The lowest BCUT2D eigenvalue weighted by Crippen LogP contribution is -2.44. The van der Waals surface area contributed by atoms with Crippen LogP contribution in [0.2, 0.25) is 5.02 Å². The van der Waals surface area contributed by atoms with Crippen molar-refractivity contribution < 1.29 is 13.9 Å². The molecule has 4 rings (SSSR count). The SMILES string of the molecule is Cl.O=C1COc2c(N3CCNCC3)cc(F)cc2N1Cc1ccc(Cl)cc1. The number of carbonyl (C=O) groups is 1. The first kappa shape index (κ1) is 19.7. The zero-order chi connectivity index (χ0) is 18.1. The lowest BCUT2D eigenvalue weighted by molar-refractivity contribution is -0.121. The predicted molar refractivity (Wildman–Crippen MR) is 107 cm³/mol. The Morgan fingerprint density at radius 3 is 2.48 bits per heavy atom. The summed E-state index contributed by atoms with van der Waals surface area (Å²) < 4.78 is 20.1. The molecule has 1 N–H and O–H groups in total. The van der Waals surface area contributed by atoms with Crippen LogP contribution < -0.4 is 19.9 Å². The van der Waals surface area contributed by atoms with Gasteiger partial charge in [-0.2, -0.15) is 0 Å². The zero-order valence-electron chi connectivity index (χ0n) is 14.6. The van der Waals surface area contributed by atoms with Crippen LogP contribution >= 0.6 is 24.0 Å². The molecule has 0 atom stereocenters. The molecular formula is C19H20Cl2FN3O2. The van der Waals surface area contributed by atoms with E-state index in [-0.39, 0.29) is 30.7 Å². The molecule has 0 unspecified atom stereocenters. The minimum Gasteiger partial charge on any atom is -0.479 e. The Hall–Kier alpha value is -2.02. The molecule has 144 valence electrons. The Bertz CT molecular complexity index is 826. The fourth-order valence-electron chi connectivity index (χ4n) is 3.35. The second-order valence-corrected chi connectivity index (χ2v) is 6.84. The predicted octanol–water partition coefficient (Wildman–Crippen LogP) is 3.24. The number of anilines is 2. The van der Waals surface area contributed by atoms with Crippen LogP contribution in [0.25, 0.3) is 0 Å². The first-order valence-electron chi connectivity index (χ1n) is 8.58. The van der Waals surface area contributed by atoms with E-state index in [0.29, 0.717) is 28.7 Å². The van der Waals surface area contributed by atoms with E-state index in [1.807, 2.05) is 12.1 Å². The quantitative estimate of drug-likeness (QED) is 0.841. The molecule has 2 aliphatic rings. The number of fused-ring (bicyclic) bond motifs is 1. The molecule has 1 saturated heterocycles. The maximum Gasteiger partial charge on any atom is 0.265 e. The Kier molecular flexibility index (Phi) is 6.09. The number of hydrogen-bond acceptors (Lipinski definition) is 4. The third kappa shape index (κ3) is 4.13. The third-order valence-corrected chi connectivity index (χ3v) is 4.91. The van der Waals surface area contributed by atoms with Gasteiger partial charge in [0.1, 0.15) is 5.82 Å². The Labute approximate surface area is 168 Å². The number of nitrogens with zero attached hydrogens (tertiary/aromatic N) is 2. The highest BCUT2D eigenvalue weighted by Crippen LogP contribution is 2.42. The van der Waals surface area contributed by atoms with E-state index in [9.17, 15) is 9.18 Å². The summed E-state index contributed by atoms with van der Waals surface area (Å²) in [5, 5.41) is 3.91. The molecule has 2 aliphatic heterocycles. The number of piperazine rings is 1. The van der Waals surface area contributed by atoms with Crippen LogP contribution in [-0.4, -0.2) is 38.7 Å². The van der Waals surface area contributed by atoms with Crippen LogP contribution in [0.5, 0.6) is 5.75 Å². The molecule has 8 heteroatoms. The average Bonchev–Trinajstić information content (AvgIpc) is 2.66. The second-order valence-electron chi connectivity index (χ2n) is 6.41. The summed E-state index contributed by atoms with van der Waals surface area (Å²) in [6, 6.07) is 10.1. The van der Waals surface area contributed by atoms with Crippen LogP contribution in [0, 0.1) is 5.82 Å². The van der Waals surface area contributed by atoms with Crippen molar-refractivity contribution in [1.82, 2.24) is 5.32 Å². The number of nitrogens with one attached hydrogen (secondary N) is 1. The van der Waals surface area contributed by atoms with Crippen LogP contribution in [0.4, 0.5) is 15.8 Å². The van der Waals surface area contributed by atoms with Crippen molar-refractivity contribution in [1.29, 1.82) is 0 Å². The van der Waals surface area contributed by atoms with Crippen molar-refractivity contribution in [3.63, 3.8) is 0 Å². The molecule has 0 radical (unpaired) electrons. The van der Waals surface area contributed by atoms with Gasteiger partial charge in [-0.15, -0.1) is 12.4 Å². The fraction of sp³-hybridized carbons (Fsp3) is 0.316. The first-order chi connectivity index (χ1) is 12.6. The van der Waals surface area contributed by atoms with Crippen molar-refractivity contribution in [2.45, 2.75) is 6.54 Å². The number of benzene rings is 2. The zero-order valence-corrected chi connectivity index (χ0v) is 16.2. The molecule has 0 bridgehead atoms. The highest BCUT2D eigenvalue weighted by molar-refractivity contribution is 6.30. The summed E-state index contributed by atoms with van der Waals surface area (Å²) in [5.74, 6) is 0.00265. The normalized spacial score (nSPS) is 16.4. The van der Waals surface area contributed by atoms with E-state index in [2.05, 4.69) is 10.2 Å². The first-order valence-corrected chi connectivity index (χ1v) is 8.96. The van der Waals surface area contributed by atoms with Crippen LogP contribution in [0.15, 0.2) is 36.4 Å². The molecule has 1 amide bonds. The third-order valence-electron chi connectivity index (χ3n) is 4.66. The lowest BCUT2D eigenvalue weighted by atomic mass is 10.1. The van der Waals surface area contributed by atoms with E-state index in [0.717, 1.165) is 31.7 Å². The highest BCUT2D eigenvalue weighted by atomic mass is 35.5. The van der Waals surface area contributed by atoms with Crippen molar-refractivity contribution in [3.05, 3.63) is 52.8 Å². The summed E-state index contributed by atoms with van der Waals surface area (Å²) in [6.07, 6.45) is 0. The molecule has 0 saturated carbocycles. The van der Waals surface area contributed by atoms with Crippen LogP contribution in [0.3, 0.4) is 0 Å². The molecule has 2 heterocycles. The van der Waals surface area contributed by atoms with E-state index in [4.69, 9.17) is 16.3 Å². The molecule has 2 aromatic rings. The number of carbonyl (C=O) groups excluding carboxylic acids is 1. The van der Waals surface area contributed by atoms with E-state index >= 15 is 0 Å². The number of hydrogen-bond donors (Lipinski definition) is 1. The molecule has 0 aromatic heterocycles. The summed E-state index contributed by atoms with van der Waals surface area (Å²) >= 11 is 5.93. The number of halogens is 3. The minimum atomic E-state index is -0.378. The van der Waals surface area contributed by atoms with E-state index in [1.54, 1.807) is 17.0 Å². The largest absolute Gasteiger partial charge is 0.479 e. The van der Waals surface area contributed by atoms with Gasteiger partial charge in [-0.1, -0.05) is 23.7 Å². The van der Waals surface area contributed by atoms with Crippen molar-refractivity contribution >= 4 is 41.3 Å². The van der Waals surface area contributed by atoms with Gasteiger partial charge in [-0.25, -0.2) is 4.39 Å².